The maximum Gasteiger partial charge on any atom is 0 e. The number of ether oxygens (including phenoxy) is 1. The first kappa shape index (κ1) is 55.8. The molecule has 0 aliphatic rings. The molecule has 2 N–H and O–H groups in total. The first-order chi connectivity index (χ1) is 26.9. The third kappa shape index (κ3) is 14.9. The van der Waals surface area contributed by atoms with E-state index in [0.29, 0.717) is 6.07 Å². The van der Waals surface area contributed by atoms with Gasteiger partial charge in [-0.2, -0.15) is 26.3 Å². The van der Waals surface area contributed by atoms with Gasteiger partial charge in [-0.15, -0.1) is 0 Å². The van der Waals surface area contributed by atoms with Gasteiger partial charge in [-0.1, -0.05) is 24.3 Å². The summed E-state index contributed by atoms with van der Waals surface area (Å²) in [4.78, 5) is 54.7. The summed E-state index contributed by atoms with van der Waals surface area (Å²) in [5, 5.41) is 0. The van der Waals surface area contributed by atoms with Gasteiger partial charge in [0, 0.05) is 46.6 Å². The van der Waals surface area contributed by atoms with Crippen molar-refractivity contribution >= 4 is 98.5 Å². The Bertz CT molecular complexity index is 2480. The van der Waals surface area contributed by atoms with Gasteiger partial charge in [-0.05, 0) is 60.1 Å². The van der Waals surface area contributed by atoms with Crippen LogP contribution in [0, 0.1) is 36.2 Å². The van der Waals surface area contributed by atoms with Crippen molar-refractivity contribution in [1.29, 1.82) is 0 Å². The molecule has 5 aromatic rings. The summed E-state index contributed by atoms with van der Waals surface area (Å²) in [6.45, 7) is 1.16. The minimum atomic E-state index is -4.86. The predicted octanol–water partition coefficient (Wildman–Crippen LogP) is 10.5. The van der Waals surface area contributed by atoms with Crippen LogP contribution in [0.25, 0.3) is 11.1 Å². The van der Waals surface area contributed by atoms with E-state index in [1.807, 2.05) is 32.6 Å². The molecule has 0 atom stereocenters. The number of aromatic amines is 2. The first-order valence-electron chi connectivity index (χ1n) is 15.3. The molecule has 0 aliphatic heterocycles. The van der Waals surface area contributed by atoms with Gasteiger partial charge < -0.3 is 27.3 Å². The summed E-state index contributed by atoms with van der Waals surface area (Å²) in [6, 6.07) is 8.96. The first-order valence-corrected chi connectivity index (χ1v) is 31.1. The molecule has 2 heterocycles. The van der Waals surface area contributed by atoms with Crippen molar-refractivity contribution in [2.24, 2.45) is 0 Å². The number of nitrogens with zero attached hydrogens (tertiary/aromatic N) is 2. The fraction of sp³-hybridized carbons (Fsp3) is 0.206. The van der Waals surface area contributed by atoms with Crippen LogP contribution in [0.2, 0.25) is 0 Å². The zero-order valence-electron chi connectivity index (χ0n) is 29.9. The zero-order valence-corrected chi connectivity index (χ0v) is 42.9. The number of methoxy groups -OCH3 is 1. The quantitative estimate of drug-likeness (QED) is 0.0997. The molecule has 0 fully saturated rings. The van der Waals surface area contributed by atoms with E-state index in [0.717, 1.165) is 39.5 Å². The second-order valence-electron chi connectivity index (χ2n) is 11.1. The Hall–Kier alpha value is -1.24. The van der Waals surface area contributed by atoms with Crippen LogP contribution in [0.1, 0.15) is 33.6 Å². The minimum absolute atomic E-state index is 0. The third-order valence-electron chi connectivity index (χ3n) is 7.78. The average Bonchev–Trinajstić information content (AvgIpc) is 3.12. The van der Waals surface area contributed by atoms with E-state index in [2.05, 4.69) is 80.8 Å². The molecule has 5 rings (SSSR count). The van der Waals surface area contributed by atoms with Crippen LogP contribution in [0.3, 0.4) is 0 Å². The third-order valence-corrected chi connectivity index (χ3v) is 8.71. The average molecular weight is 1430 g/mol. The minimum Gasteiger partial charge on any atom is 0 e. The van der Waals surface area contributed by atoms with Crippen LogP contribution < -0.4 is 27.2 Å². The van der Waals surface area contributed by atoms with Gasteiger partial charge in [0.2, 0.25) is 0 Å². The summed E-state index contributed by atoms with van der Waals surface area (Å²) in [7, 11) is 1.22. The van der Waals surface area contributed by atoms with Gasteiger partial charge in [-0.3, -0.25) is 33.6 Å². The fourth-order valence-corrected chi connectivity index (χ4v) is 5.49. The largest absolute Gasteiger partial charge is 0 e. The van der Waals surface area contributed by atoms with E-state index < -0.39 is 87.6 Å². The molecule has 0 amide bonds. The Morgan fingerprint density at radius 1 is 0.712 bits per heavy atom. The van der Waals surface area contributed by atoms with Crippen molar-refractivity contribution in [1.82, 2.24) is 19.1 Å². The van der Waals surface area contributed by atoms with Crippen molar-refractivity contribution in [2.45, 2.75) is 39.3 Å². The molecule has 0 spiro atoms. The van der Waals surface area contributed by atoms with Gasteiger partial charge in [0.1, 0.15) is 16.1 Å². The SMILES string of the molecule is COc1cccc(-c2c(C)n(Cc3c(F)cccc3C(F)(F)F)c(=O)[nH]c2=O)c1F.Cc1c(Br)c(=O)[nH]c(=O)n1Cc1c(F)cccc1C(F)(F)F.[CH2-]I.[I][V]([I])[I].[V]. The summed E-state index contributed by atoms with van der Waals surface area (Å²) < 4.78 is 128. The maximum atomic E-state index is 14.7. The Morgan fingerprint density at radius 2 is 1.10 bits per heavy atom. The molecule has 0 unspecified atom stereocenters. The second kappa shape index (κ2) is 24.6. The molecule has 0 saturated carbocycles. The molecule has 2 aromatic heterocycles. The van der Waals surface area contributed by atoms with Gasteiger partial charge in [0.15, 0.2) is 11.6 Å². The number of nitrogens with one attached hydrogen (secondary N) is 2. The van der Waals surface area contributed by atoms with E-state index in [4.69, 9.17) is 4.74 Å². The number of alkyl halides is 6. The van der Waals surface area contributed by atoms with Crippen LogP contribution >= 0.6 is 98.5 Å². The van der Waals surface area contributed by atoms with Crippen molar-refractivity contribution in [3.63, 3.8) is 0 Å². The monoisotopic (exact) mass is 1430 g/mol. The number of hydrogen-bond acceptors (Lipinski definition) is 5. The van der Waals surface area contributed by atoms with Gasteiger partial charge >= 0.3 is 88.6 Å². The molecule has 3 aromatic carbocycles. The van der Waals surface area contributed by atoms with Crippen molar-refractivity contribution in [3.8, 4) is 16.9 Å². The van der Waals surface area contributed by atoms with Crippen LogP contribution in [0.4, 0.5) is 39.5 Å². The van der Waals surface area contributed by atoms with Crippen LogP contribution in [-0.2, 0) is 48.9 Å². The Balaban J connectivity index is 0.000000530. The molecule has 1 radical (unpaired) electrons. The zero-order chi connectivity index (χ0) is 44.4. The fourth-order valence-electron chi connectivity index (χ4n) is 5.18. The van der Waals surface area contributed by atoms with Gasteiger partial charge in [-0.25, -0.2) is 22.8 Å². The van der Waals surface area contributed by atoms with Gasteiger partial charge in [0.25, 0.3) is 11.1 Å². The number of rotatable bonds is 6. The molecule has 0 aliphatic carbocycles. The summed E-state index contributed by atoms with van der Waals surface area (Å²) in [5.41, 5.74) is -8.01. The van der Waals surface area contributed by atoms with Gasteiger partial charge in [0.05, 0.1) is 36.9 Å². The molecule has 25 heteroatoms. The second-order valence-corrected chi connectivity index (χ2v) is 47.3. The summed E-state index contributed by atoms with van der Waals surface area (Å²) in [6.07, 6.45) is -9.62. The molecule has 0 saturated heterocycles. The van der Waals surface area contributed by atoms with E-state index in [1.165, 1.54) is 39.2 Å². The maximum absolute atomic E-state index is 14.7. The van der Waals surface area contributed by atoms with Crippen molar-refractivity contribution in [2.75, 3.05) is 7.11 Å². The van der Waals surface area contributed by atoms with E-state index in [9.17, 15) is 58.7 Å². The normalized spacial score (nSPS) is 11.0. The molecular weight excluding hydrogens is 1400 g/mol. The number of H-pyrrole nitrogens is 2. The predicted molar refractivity (Wildman–Crippen MR) is 234 cm³/mol. The standard InChI is InChI=1S/C20H15F5N2O3.C13H9BrF4N2O2.CH2I.3HI.2V/c1-10-16(11-5-3-8-15(30-2)17(11)22)18(28)26-19(29)27(10)9-12-13(20(23,24)25)6-4-7-14(12)21;1-6-10(14)11(21)19-12(22)20(6)5-7-8(13(16,17)18)3-2-4-9(7)15;1-2;;;;;/h3-8H,9H2,1-2H3,(H,26,28,29);2-4H,5H2,1H3,(H,19,21,22);1H2;3*1H;;/q;;-1;;;;;+3/p-3. The summed E-state index contributed by atoms with van der Waals surface area (Å²) in [5.74, 6) is -3.31. The van der Waals surface area contributed by atoms with E-state index >= 15 is 0 Å². The molecular formula is C34H26BrF9I4N4O5V2-. The molecule has 9 nitrogen and oxygen atoms in total. The van der Waals surface area contributed by atoms with Crippen molar-refractivity contribution < 1.29 is 67.7 Å². The molecule has 0 bridgehead atoms. The van der Waals surface area contributed by atoms with E-state index in [1.54, 1.807) is 0 Å². The molecule has 321 valence electrons. The Kier molecular flexibility index (Phi) is 23.2. The van der Waals surface area contributed by atoms with Crippen LogP contribution in [-0.4, -0.2) is 26.2 Å². The molecule has 59 heavy (non-hydrogen) atoms. The topological polar surface area (TPSA) is 119 Å². The van der Waals surface area contributed by atoms with Crippen LogP contribution in [0.15, 0.2) is 78.2 Å². The van der Waals surface area contributed by atoms with E-state index in [-0.39, 0.29) is 56.2 Å². The van der Waals surface area contributed by atoms with Crippen molar-refractivity contribution in [3.05, 3.63) is 157 Å². The van der Waals surface area contributed by atoms with Crippen LogP contribution in [0.5, 0.6) is 5.75 Å². The number of halogens is 14. The number of benzene rings is 3. The Labute approximate surface area is 400 Å². The summed E-state index contributed by atoms with van der Waals surface area (Å²) >= 11 is 12.2. The smallest absolute Gasteiger partial charge is 0 e. The number of aromatic nitrogens is 4. The Morgan fingerprint density at radius 3 is 1.51 bits per heavy atom. The number of hydrogen-bond donors (Lipinski definition) is 2.